The van der Waals surface area contributed by atoms with Gasteiger partial charge in [-0.25, -0.2) is 0 Å². The summed E-state index contributed by atoms with van der Waals surface area (Å²) in [5.41, 5.74) is 0. The van der Waals surface area contributed by atoms with E-state index in [1.165, 1.54) is 38.5 Å². The Morgan fingerprint density at radius 2 is 1.75 bits per heavy atom. The lowest BCUT2D eigenvalue weighted by Gasteiger charge is -2.27. The topological polar surface area (TPSA) is 20.3 Å². The Morgan fingerprint density at radius 1 is 1.06 bits per heavy atom. The highest BCUT2D eigenvalue weighted by Crippen LogP contribution is 2.26. The molecule has 2 rings (SSSR count). The fourth-order valence-electron chi connectivity index (χ4n) is 3.27. The third-order valence-corrected chi connectivity index (χ3v) is 4.39. The first-order chi connectivity index (χ1) is 7.77. The quantitative estimate of drug-likeness (QED) is 0.685. The van der Waals surface area contributed by atoms with Crippen LogP contribution in [0.2, 0.25) is 0 Å². The van der Waals surface area contributed by atoms with Gasteiger partial charge in [0.05, 0.1) is 0 Å². The normalized spacial score (nSPS) is 28.6. The standard InChI is InChI=1S/C14H25NO/c1-15(13-8-5-6-9-13)11-12-7-3-2-4-10-14(12)16/h12-13H,2-11H2,1H3. The minimum atomic E-state index is 0.341. The van der Waals surface area contributed by atoms with Crippen molar-refractivity contribution in [1.82, 2.24) is 4.90 Å². The third-order valence-electron chi connectivity index (χ3n) is 4.39. The maximum atomic E-state index is 11.9. The van der Waals surface area contributed by atoms with E-state index in [-0.39, 0.29) is 0 Å². The van der Waals surface area contributed by atoms with E-state index >= 15 is 0 Å². The van der Waals surface area contributed by atoms with Crippen LogP contribution in [-0.4, -0.2) is 30.3 Å². The zero-order valence-electron chi connectivity index (χ0n) is 10.6. The van der Waals surface area contributed by atoms with Crippen LogP contribution in [0.25, 0.3) is 0 Å². The average Bonchev–Trinajstić information content (AvgIpc) is 2.73. The fourth-order valence-corrected chi connectivity index (χ4v) is 3.27. The first kappa shape index (κ1) is 12.1. The van der Waals surface area contributed by atoms with Gasteiger partial charge in [-0.05, 0) is 32.7 Å². The van der Waals surface area contributed by atoms with Gasteiger partial charge in [0.25, 0.3) is 0 Å². The molecular weight excluding hydrogens is 198 g/mol. The van der Waals surface area contributed by atoms with Gasteiger partial charge in [0.1, 0.15) is 5.78 Å². The molecule has 0 aliphatic heterocycles. The molecule has 2 saturated carbocycles. The second-order valence-corrected chi connectivity index (χ2v) is 5.64. The minimum Gasteiger partial charge on any atom is -0.303 e. The molecule has 1 unspecified atom stereocenters. The summed E-state index contributed by atoms with van der Waals surface area (Å²) in [6.45, 7) is 1.02. The van der Waals surface area contributed by atoms with Crippen molar-refractivity contribution in [2.75, 3.05) is 13.6 Å². The maximum Gasteiger partial charge on any atom is 0.137 e. The SMILES string of the molecule is CN(CC1CCCCCC1=O)C1CCCC1. The smallest absolute Gasteiger partial charge is 0.137 e. The third kappa shape index (κ3) is 3.07. The van der Waals surface area contributed by atoms with Crippen LogP contribution in [-0.2, 0) is 4.79 Å². The van der Waals surface area contributed by atoms with Crippen LogP contribution >= 0.6 is 0 Å². The molecule has 0 heterocycles. The highest BCUT2D eigenvalue weighted by molar-refractivity contribution is 5.81. The number of carbonyl (C=O) groups is 1. The zero-order chi connectivity index (χ0) is 11.4. The van der Waals surface area contributed by atoms with E-state index in [1.54, 1.807) is 0 Å². The molecule has 16 heavy (non-hydrogen) atoms. The molecule has 2 aliphatic carbocycles. The van der Waals surface area contributed by atoms with Gasteiger partial charge >= 0.3 is 0 Å². The Labute approximate surface area is 99.4 Å². The van der Waals surface area contributed by atoms with Gasteiger partial charge in [0, 0.05) is 24.9 Å². The van der Waals surface area contributed by atoms with Crippen LogP contribution in [0.5, 0.6) is 0 Å². The van der Waals surface area contributed by atoms with Gasteiger partial charge in [-0.1, -0.05) is 25.7 Å². The van der Waals surface area contributed by atoms with Gasteiger partial charge < -0.3 is 4.90 Å². The van der Waals surface area contributed by atoms with Crippen molar-refractivity contribution in [1.29, 1.82) is 0 Å². The van der Waals surface area contributed by atoms with E-state index in [1.807, 2.05) is 0 Å². The Bertz CT molecular complexity index is 233. The Balaban J connectivity index is 1.83. The summed E-state index contributed by atoms with van der Waals surface area (Å²) in [7, 11) is 2.22. The minimum absolute atomic E-state index is 0.341. The molecule has 0 N–H and O–H groups in total. The van der Waals surface area contributed by atoms with Gasteiger partial charge in [-0.2, -0.15) is 0 Å². The highest BCUT2D eigenvalue weighted by Gasteiger charge is 2.26. The molecule has 0 aromatic carbocycles. The van der Waals surface area contributed by atoms with Crippen molar-refractivity contribution in [3.05, 3.63) is 0 Å². The van der Waals surface area contributed by atoms with Crippen LogP contribution < -0.4 is 0 Å². The van der Waals surface area contributed by atoms with E-state index in [4.69, 9.17) is 0 Å². The van der Waals surface area contributed by atoms with E-state index in [2.05, 4.69) is 11.9 Å². The van der Waals surface area contributed by atoms with Crippen molar-refractivity contribution in [3.63, 3.8) is 0 Å². The molecule has 0 aromatic heterocycles. The number of hydrogen-bond acceptors (Lipinski definition) is 2. The van der Waals surface area contributed by atoms with Crippen LogP contribution in [0.15, 0.2) is 0 Å². The van der Waals surface area contributed by atoms with Crippen LogP contribution in [0.3, 0.4) is 0 Å². The van der Waals surface area contributed by atoms with Crippen molar-refractivity contribution in [3.8, 4) is 0 Å². The number of Topliss-reactive ketones (excluding diaryl/α,β-unsaturated/α-hetero) is 1. The van der Waals surface area contributed by atoms with E-state index < -0.39 is 0 Å². The second kappa shape index (κ2) is 5.81. The molecule has 0 saturated heterocycles. The summed E-state index contributed by atoms with van der Waals surface area (Å²) in [6.07, 6.45) is 11.1. The Kier molecular flexibility index (Phi) is 4.39. The monoisotopic (exact) mass is 223 g/mol. The van der Waals surface area contributed by atoms with Gasteiger partial charge in [0.15, 0.2) is 0 Å². The molecule has 2 nitrogen and oxygen atoms in total. The van der Waals surface area contributed by atoms with E-state index in [0.717, 1.165) is 31.8 Å². The maximum absolute atomic E-state index is 11.9. The van der Waals surface area contributed by atoms with Gasteiger partial charge in [-0.3, -0.25) is 4.79 Å². The summed E-state index contributed by atoms with van der Waals surface area (Å²) in [4.78, 5) is 14.4. The van der Waals surface area contributed by atoms with E-state index in [9.17, 15) is 4.79 Å². The van der Waals surface area contributed by atoms with Crippen molar-refractivity contribution < 1.29 is 4.79 Å². The number of hydrogen-bond donors (Lipinski definition) is 0. The first-order valence-electron chi connectivity index (χ1n) is 7.00. The molecule has 0 radical (unpaired) electrons. The number of ketones is 1. The predicted octanol–water partition coefficient (Wildman–Crippen LogP) is 3.01. The lowest BCUT2D eigenvalue weighted by Crippen LogP contribution is -2.36. The molecule has 2 aliphatic rings. The predicted molar refractivity (Wildman–Crippen MR) is 66.5 cm³/mol. The first-order valence-corrected chi connectivity index (χ1v) is 7.00. The van der Waals surface area contributed by atoms with Crippen molar-refractivity contribution in [2.24, 2.45) is 5.92 Å². The van der Waals surface area contributed by atoms with Crippen LogP contribution in [0, 0.1) is 5.92 Å². The summed E-state index contributed by atoms with van der Waals surface area (Å²) < 4.78 is 0. The summed E-state index contributed by atoms with van der Waals surface area (Å²) in [5.74, 6) is 0.871. The number of rotatable bonds is 3. The van der Waals surface area contributed by atoms with E-state index in [0.29, 0.717) is 11.7 Å². The molecule has 92 valence electrons. The van der Waals surface area contributed by atoms with Crippen molar-refractivity contribution >= 4 is 5.78 Å². The molecule has 2 heteroatoms. The summed E-state index contributed by atoms with van der Waals surface area (Å²) >= 11 is 0. The molecule has 0 amide bonds. The van der Waals surface area contributed by atoms with Crippen LogP contribution in [0.4, 0.5) is 0 Å². The van der Waals surface area contributed by atoms with Crippen LogP contribution in [0.1, 0.15) is 57.8 Å². The van der Waals surface area contributed by atoms with Crippen molar-refractivity contribution in [2.45, 2.75) is 63.8 Å². The number of nitrogens with zero attached hydrogens (tertiary/aromatic N) is 1. The highest BCUT2D eigenvalue weighted by atomic mass is 16.1. The Hall–Kier alpha value is -0.370. The second-order valence-electron chi connectivity index (χ2n) is 5.64. The summed E-state index contributed by atoms with van der Waals surface area (Å²) in [6, 6.07) is 0.760. The van der Waals surface area contributed by atoms with Gasteiger partial charge in [0.2, 0.25) is 0 Å². The summed E-state index contributed by atoms with van der Waals surface area (Å²) in [5, 5.41) is 0. The molecule has 0 spiro atoms. The largest absolute Gasteiger partial charge is 0.303 e. The average molecular weight is 223 g/mol. The Morgan fingerprint density at radius 3 is 2.50 bits per heavy atom. The zero-order valence-corrected chi connectivity index (χ0v) is 10.6. The lowest BCUT2D eigenvalue weighted by atomic mass is 9.97. The molecule has 0 aromatic rings. The molecule has 2 fully saturated rings. The number of carbonyl (C=O) groups excluding carboxylic acids is 1. The van der Waals surface area contributed by atoms with Gasteiger partial charge in [-0.15, -0.1) is 0 Å². The fraction of sp³-hybridized carbons (Fsp3) is 0.929. The molecule has 1 atom stereocenters. The lowest BCUT2D eigenvalue weighted by molar-refractivity contribution is -0.123. The molecular formula is C14H25NO. The molecule has 0 bridgehead atoms.